The molecule has 0 saturated heterocycles. The van der Waals surface area contributed by atoms with Crippen molar-refractivity contribution in [3.8, 4) is 0 Å². The maximum atomic E-state index is 14.0. The zero-order chi connectivity index (χ0) is 20.3. The van der Waals surface area contributed by atoms with Gasteiger partial charge in [0.1, 0.15) is 17.3 Å². The number of nitrogens with one attached hydrogen (secondary N) is 2. The first-order chi connectivity index (χ1) is 13.4. The highest BCUT2D eigenvalue weighted by Crippen LogP contribution is 2.26. The normalized spacial score (nSPS) is 10.9. The highest BCUT2D eigenvalue weighted by atomic mass is 35.5. The van der Waals surface area contributed by atoms with Gasteiger partial charge in [0.25, 0.3) is 0 Å². The zero-order valence-electron chi connectivity index (χ0n) is 15.3. The summed E-state index contributed by atoms with van der Waals surface area (Å²) in [6.45, 7) is 1.89. The van der Waals surface area contributed by atoms with Gasteiger partial charge in [0.15, 0.2) is 17.4 Å². The zero-order valence-corrected chi connectivity index (χ0v) is 16.0. The Morgan fingerprint density at radius 3 is 2.89 bits per heavy atom. The van der Waals surface area contributed by atoms with Gasteiger partial charge in [-0.25, -0.2) is 9.37 Å². The number of fused-ring (bicyclic) bond motifs is 1. The summed E-state index contributed by atoms with van der Waals surface area (Å²) >= 11 is 5.91. The number of aromatic amines is 1. The lowest BCUT2D eigenvalue weighted by Crippen LogP contribution is -2.25. The first-order valence-corrected chi connectivity index (χ1v) is 8.87. The van der Waals surface area contributed by atoms with Gasteiger partial charge in [0.05, 0.1) is 5.39 Å². The molecule has 0 bridgehead atoms. The fraction of sp³-hybridized carbons (Fsp3) is 0.278. The Labute approximate surface area is 165 Å². The monoisotopic (exact) mass is 404 g/mol. The average Bonchev–Trinajstić information content (AvgIpc) is 3.04. The van der Waals surface area contributed by atoms with Gasteiger partial charge < -0.3 is 15.2 Å². The molecule has 0 aliphatic rings. The fourth-order valence-corrected chi connectivity index (χ4v) is 2.91. The number of hydrogen-bond donors (Lipinski definition) is 2. The van der Waals surface area contributed by atoms with Gasteiger partial charge in [0, 0.05) is 51.4 Å². The number of carbonyl (C=O) groups excluding carboxylic acids is 2. The van der Waals surface area contributed by atoms with Gasteiger partial charge in [0.2, 0.25) is 5.28 Å². The van der Waals surface area contributed by atoms with E-state index in [2.05, 4.69) is 25.3 Å². The molecule has 0 aromatic carbocycles. The molecule has 0 aliphatic heterocycles. The Bertz CT molecular complexity index is 1040. The number of Topliss-reactive ketones (excluding diaryl/α,β-unsaturated/α-hetero) is 2. The molecular formula is C18H18ClFN6O2. The van der Waals surface area contributed by atoms with Crippen LogP contribution in [-0.4, -0.2) is 45.1 Å². The third-order valence-electron chi connectivity index (χ3n) is 4.20. The van der Waals surface area contributed by atoms with Gasteiger partial charge in [-0.2, -0.15) is 9.97 Å². The highest BCUT2D eigenvalue weighted by Gasteiger charge is 2.16. The fourth-order valence-electron chi connectivity index (χ4n) is 2.74. The van der Waals surface area contributed by atoms with Crippen molar-refractivity contribution in [1.82, 2.24) is 19.9 Å². The summed E-state index contributed by atoms with van der Waals surface area (Å²) in [7, 11) is 1.78. The Hall–Kier alpha value is -3.07. The molecule has 28 heavy (non-hydrogen) atoms. The van der Waals surface area contributed by atoms with E-state index in [0.717, 1.165) is 5.56 Å². The first-order valence-electron chi connectivity index (χ1n) is 8.49. The van der Waals surface area contributed by atoms with Crippen LogP contribution in [-0.2, 0) is 16.1 Å². The average molecular weight is 405 g/mol. The van der Waals surface area contributed by atoms with Crippen LogP contribution in [0.1, 0.15) is 18.9 Å². The van der Waals surface area contributed by atoms with E-state index < -0.39 is 17.4 Å². The van der Waals surface area contributed by atoms with Crippen molar-refractivity contribution in [3.63, 3.8) is 0 Å². The molecule has 0 fully saturated rings. The lowest BCUT2D eigenvalue weighted by atomic mass is 10.2. The van der Waals surface area contributed by atoms with Crippen molar-refractivity contribution < 1.29 is 14.0 Å². The number of pyridine rings is 1. The number of nitrogens with zero attached hydrogens (tertiary/aromatic N) is 4. The topological polar surface area (TPSA) is 104 Å². The Morgan fingerprint density at radius 2 is 2.14 bits per heavy atom. The number of H-pyrrole nitrogens is 1. The minimum atomic E-state index is -0.486. The van der Waals surface area contributed by atoms with Crippen molar-refractivity contribution >= 4 is 45.8 Å². The van der Waals surface area contributed by atoms with Crippen molar-refractivity contribution in [1.29, 1.82) is 0 Å². The van der Waals surface area contributed by atoms with Crippen LogP contribution >= 0.6 is 11.6 Å². The SMILES string of the molecule is CC(=O)C(=O)CCN(C)c1ncccc1CNc1nc(Cl)nc2[nH]cc(F)c12. The van der Waals surface area contributed by atoms with Crippen LogP contribution in [0, 0.1) is 5.82 Å². The van der Waals surface area contributed by atoms with Gasteiger partial charge in [-0.15, -0.1) is 0 Å². The van der Waals surface area contributed by atoms with E-state index in [1.807, 2.05) is 6.07 Å². The number of rotatable bonds is 8. The van der Waals surface area contributed by atoms with Crippen LogP contribution in [0.3, 0.4) is 0 Å². The van der Waals surface area contributed by atoms with E-state index >= 15 is 0 Å². The maximum Gasteiger partial charge on any atom is 0.226 e. The first kappa shape index (κ1) is 19.7. The predicted octanol–water partition coefficient (Wildman–Crippen LogP) is 2.74. The molecule has 0 atom stereocenters. The van der Waals surface area contributed by atoms with E-state index in [-0.39, 0.29) is 22.9 Å². The second-order valence-corrected chi connectivity index (χ2v) is 6.53. The summed E-state index contributed by atoms with van der Waals surface area (Å²) in [5.41, 5.74) is 1.10. The molecule has 0 radical (unpaired) electrons. The summed E-state index contributed by atoms with van der Waals surface area (Å²) < 4.78 is 14.0. The molecule has 3 aromatic rings. The number of anilines is 2. The Morgan fingerprint density at radius 1 is 1.36 bits per heavy atom. The van der Waals surface area contributed by atoms with Gasteiger partial charge in [-0.3, -0.25) is 9.59 Å². The van der Waals surface area contributed by atoms with Crippen LogP contribution in [0.15, 0.2) is 24.5 Å². The van der Waals surface area contributed by atoms with Crippen LogP contribution in [0.2, 0.25) is 5.28 Å². The number of carbonyl (C=O) groups is 2. The smallest absolute Gasteiger partial charge is 0.226 e. The molecule has 0 spiro atoms. The Kier molecular flexibility index (Phi) is 5.84. The molecular weight excluding hydrogens is 387 g/mol. The molecule has 0 saturated carbocycles. The molecule has 10 heteroatoms. The van der Waals surface area contributed by atoms with Crippen molar-refractivity contribution in [2.45, 2.75) is 19.9 Å². The van der Waals surface area contributed by atoms with E-state index in [1.165, 1.54) is 13.1 Å². The largest absolute Gasteiger partial charge is 0.365 e. The van der Waals surface area contributed by atoms with Crippen LogP contribution < -0.4 is 10.2 Å². The molecule has 0 unspecified atom stereocenters. The molecule has 146 valence electrons. The van der Waals surface area contributed by atoms with E-state index in [4.69, 9.17) is 11.6 Å². The van der Waals surface area contributed by atoms with Gasteiger partial charge >= 0.3 is 0 Å². The van der Waals surface area contributed by atoms with Crippen molar-refractivity contribution in [3.05, 3.63) is 41.2 Å². The second-order valence-electron chi connectivity index (χ2n) is 6.19. The maximum absolute atomic E-state index is 14.0. The van der Waals surface area contributed by atoms with E-state index in [9.17, 15) is 14.0 Å². The summed E-state index contributed by atoms with van der Waals surface area (Å²) in [5, 5.41) is 3.27. The van der Waals surface area contributed by atoms with E-state index in [1.54, 1.807) is 24.2 Å². The second kappa shape index (κ2) is 8.30. The van der Waals surface area contributed by atoms with Gasteiger partial charge in [-0.05, 0) is 17.7 Å². The molecule has 0 aliphatic carbocycles. The lowest BCUT2D eigenvalue weighted by Gasteiger charge is -2.21. The van der Waals surface area contributed by atoms with Crippen molar-refractivity contribution in [2.24, 2.45) is 0 Å². The summed E-state index contributed by atoms with van der Waals surface area (Å²) in [5.74, 6) is -0.478. The number of hydrogen-bond acceptors (Lipinski definition) is 7. The molecule has 3 heterocycles. The molecule has 0 amide bonds. The number of halogens is 2. The molecule has 8 nitrogen and oxygen atoms in total. The minimum absolute atomic E-state index is 0.0110. The third kappa shape index (κ3) is 4.25. The summed E-state index contributed by atoms with van der Waals surface area (Å²) in [4.78, 5) is 39.5. The summed E-state index contributed by atoms with van der Waals surface area (Å²) in [6, 6.07) is 3.63. The quantitative estimate of drug-likeness (QED) is 0.439. The summed E-state index contributed by atoms with van der Waals surface area (Å²) in [6.07, 6.45) is 2.93. The minimum Gasteiger partial charge on any atom is -0.365 e. The van der Waals surface area contributed by atoms with Crippen LogP contribution in [0.5, 0.6) is 0 Å². The van der Waals surface area contributed by atoms with E-state index in [0.29, 0.717) is 24.6 Å². The van der Waals surface area contributed by atoms with Crippen LogP contribution in [0.25, 0.3) is 11.0 Å². The van der Waals surface area contributed by atoms with Crippen LogP contribution in [0.4, 0.5) is 16.0 Å². The highest BCUT2D eigenvalue weighted by molar-refractivity contribution is 6.36. The molecule has 3 rings (SSSR count). The Balaban J connectivity index is 1.78. The number of aromatic nitrogens is 4. The third-order valence-corrected chi connectivity index (χ3v) is 4.37. The number of ketones is 2. The molecule has 3 aromatic heterocycles. The van der Waals surface area contributed by atoms with Crippen molar-refractivity contribution in [2.75, 3.05) is 23.8 Å². The van der Waals surface area contributed by atoms with Gasteiger partial charge in [-0.1, -0.05) is 6.07 Å². The molecule has 2 N–H and O–H groups in total. The lowest BCUT2D eigenvalue weighted by molar-refractivity contribution is -0.135. The predicted molar refractivity (Wildman–Crippen MR) is 104 cm³/mol. The standard InChI is InChI=1S/C18H18ClFN6O2/c1-10(27)13(28)5-7-26(2)17-11(4-3-6-21-17)8-22-15-14-12(20)9-23-16(14)25-18(19)24-15/h3-4,6,9H,5,7-8H2,1-2H3,(H2,22,23,24,25).